The fraction of sp³-hybridized carbons (Fsp3) is 0.889. The zero-order chi connectivity index (χ0) is 7.64. The van der Waals surface area contributed by atoms with Crippen LogP contribution < -0.4 is 0 Å². The summed E-state index contributed by atoms with van der Waals surface area (Å²) < 4.78 is 0. The van der Waals surface area contributed by atoms with Crippen LogP contribution in [-0.2, 0) is 4.79 Å². The third-order valence-corrected chi connectivity index (χ3v) is 4.20. The van der Waals surface area contributed by atoms with Crippen LogP contribution in [0.25, 0.3) is 0 Å². The lowest BCUT2D eigenvalue weighted by atomic mass is 9.81. The highest BCUT2D eigenvalue weighted by Crippen LogP contribution is 2.75. The molecule has 0 aromatic rings. The van der Waals surface area contributed by atoms with Gasteiger partial charge in [0.25, 0.3) is 0 Å². The highest BCUT2D eigenvalue weighted by Gasteiger charge is 2.75. The van der Waals surface area contributed by atoms with E-state index in [0.717, 1.165) is 12.3 Å². The molecule has 0 aromatic heterocycles. The summed E-state index contributed by atoms with van der Waals surface area (Å²) in [5.41, 5.74) is -0.205. The van der Waals surface area contributed by atoms with Crippen molar-refractivity contribution in [3.8, 4) is 0 Å². The summed E-state index contributed by atoms with van der Waals surface area (Å²) in [5, 5.41) is 9.04. The van der Waals surface area contributed by atoms with Gasteiger partial charge >= 0.3 is 5.97 Å². The highest BCUT2D eigenvalue weighted by atomic mass is 16.4. The number of aliphatic carboxylic acids is 1. The minimum absolute atomic E-state index is 0.205. The van der Waals surface area contributed by atoms with Gasteiger partial charge in [-0.2, -0.15) is 0 Å². The standard InChI is InChI=1S/C9H12O2/c10-8(11)9-4-5-1-2-6(9)7(9)3-5/h5-7H,1-4H2,(H,10,11)/t5-,6+,7-,9+/m1/s1. The van der Waals surface area contributed by atoms with E-state index < -0.39 is 5.97 Å². The van der Waals surface area contributed by atoms with E-state index in [2.05, 4.69) is 0 Å². The van der Waals surface area contributed by atoms with Crippen molar-refractivity contribution in [1.29, 1.82) is 0 Å². The van der Waals surface area contributed by atoms with E-state index in [9.17, 15) is 4.79 Å². The summed E-state index contributed by atoms with van der Waals surface area (Å²) in [6.07, 6.45) is 4.71. The Balaban J connectivity index is 1.99. The van der Waals surface area contributed by atoms with Crippen molar-refractivity contribution in [3.63, 3.8) is 0 Å². The van der Waals surface area contributed by atoms with Gasteiger partial charge in [-0.15, -0.1) is 0 Å². The lowest BCUT2D eigenvalue weighted by Crippen LogP contribution is -2.22. The minimum atomic E-state index is -0.505. The minimum Gasteiger partial charge on any atom is -0.481 e. The van der Waals surface area contributed by atoms with Crippen LogP contribution >= 0.6 is 0 Å². The molecule has 4 bridgehead atoms. The molecule has 11 heavy (non-hydrogen) atoms. The summed E-state index contributed by atoms with van der Waals surface area (Å²) in [7, 11) is 0. The van der Waals surface area contributed by atoms with Crippen LogP contribution in [0.2, 0.25) is 0 Å². The summed E-state index contributed by atoms with van der Waals surface area (Å²) in [4.78, 5) is 11.0. The van der Waals surface area contributed by atoms with Gasteiger partial charge in [-0.1, -0.05) is 6.42 Å². The predicted molar refractivity (Wildman–Crippen MR) is 39.0 cm³/mol. The smallest absolute Gasteiger partial charge is 0.310 e. The first kappa shape index (κ1) is 6.04. The van der Waals surface area contributed by atoms with Crippen LogP contribution in [0.3, 0.4) is 0 Å². The van der Waals surface area contributed by atoms with Gasteiger partial charge in [0, 0.05) is 0 Å². The zero-order valence-electron chi connectivity index (χ0n) is 6.42. The Labute approximate surface area is 65.6 Å². The van der Waals surface area contributed by atoms with Gasteiger partial charge in [0.15, 0.2) is 0 Å². The molecule has 0 unspecified atom stereocenters. The van der Waals surface area contributed by atoms with E-state index in [0.29, 0.717) is 11.8 Å². The molecule has 4 aliphatic rings. The van der Waals surface area contributed by atoms with Gasteiger partial charge in [0.05, 0.1) is 5.41 Å². The normalized spacial score (nSPS) is 57.6. The van der Waals surface area contributed by atoms with Gasteiger partial charge in [0.2, 0.25) is 0 Å². The van der Waals surface area contributed by atoms with Gasteiger partial charge in [-0.25, -0.2) is 0 Å². The number of carboxylic acids is 1. The molecule has 4 fully saturated rings. The maximum Gasteiger partial charge on any atom is 0.310 e. The average Bonchev–Trinajstić information content (AvgIpc) is 2.52. The predicted octanol–water partition coefficient (Wildman–Crippen LogP) is 1.51. The Hall–Kier alpha value is -0.530. The Bertz CT molecular complexity index is 230. The number of rotatable bonds is 1. The Morgan fingerprint density at radius 1 is 1.36 bits per heavy atom. The molecule has 4 atom stereocenters. The molecule has 2 heteroatoms. The molecule has 0 aliphatic heterocycles. The second kappa shape index (κ2) is 1.47. The molecule has 4 rings (SSSR count). The quantitative estimate of drug-likeness (QED) is 0.618. The van der Waals surface area contributed by atoms with E-state index in [1.165, 1.54) is 19.3 Å². The molecule has 4 saturated carbocycles. The topological polar surface area (TPSA) is 37.3 Å². The Morgan fingerprint density at radius 3 is 2.45 bits per heavy atom. The third kappa shape index (κ3) is 0.472. The molecule has 0 radical (unpaired) electrons. The molecule has 0 aromatic carbocycles. The largest absolute Gasteiger partial charge is 0.481 e. The van der Waals surface area contributed by atoms with Gasteiger partial charge in [0.1, 0.15) is 0 Å². The fourth-order valence-electron chi connectivity index (χ4n) is 3.70. The highest BCUT2D eigenvalue weighted by molar-refractivity contribution is 5.80. The van der Waals surface area contributed by atoms with Gasteiger partial charge in [-0.05, 0) is 37.0 Å². The van der Waals surface area contributed by atoms with Crippen molar-refractivity contribution >= 4 is 5.97 Å². The second-order valence-corrected chi connectivity index (χ2v) is 4.44. The molecule has 2 nitrogen and oxygen atoms in total. The summed E-state index contributed by atoms with van der Waals surface area (Å²) in [6.45, 7) is 0. The maximum atomic E-state index is 11.0. The second-order valence-electron chi connectivity index (χ2n) is 4.44. The number of carbonyl (C=O) groups is 1. The zero-order valence-corrected chi connectivity index (χ0v) is 6.42. The lowest BCUT2D eigenvalue weighted by Gasteiger charge is -2.23. The molecule has 1 N–H and O–H groups in total. The molecule has 0 amide bonds. The summed E-state index contributed by atoms with van der Waals surface area (Å²) in [5.74, 6) is 1.42. The van der Waals surface area contributed by atoms with Gasteiger partial charge < -0.3 is 5.11 Å². The van der Waals surface area contributed by atoms with Crippen LogP contribution in [0, 0.1) is 23.2 Å². The van der Waals surface area contributed by atoms with E-state index in [-0.39, 0.29) is 5.41 Å². The molecule has 4 aliphatic carbocycles. The van der Waals surface area contributed by atoms with Crippen molar-refractivity contribution in [2.45, 2.75) is 25.7 Å². The maximum absolute atomic E-state index is 11.0. The van der Waals surface area contributed by atoms with Crippen molar-refractivity contribution in [1.82, 2.24) is 0 Å². The lowest BCUT2D eigenvalue weighted by molar-refractivity contribution is -0.145. The Kier molecular flexibility index (Phi) is 0.809. The van der Waals surface area contributed by atoms with Crippen LogP contribution in [0.1, 0.15) is 25.7 Å². The number of carboxylic acid groups (broad SMARTS) is 1. The summed E-state index contributed by atoms with van der Waals surface area (Å²) in [6, 6.07) is 0. The van der Waals surface area contributed by atoms with Crippen molar-refractivity contribution in [2.75, 3.05) is 0 Å². The monoisotopic (exact) mass is 152 g/mol. The molecule has 0 saturated heterocycles. The first-order valence-electron chi connectivity index (χ1n) is 4.48. The van der Waals surface area contributed by atoms with E-state index in [4.69, 9.17) is 5.11 Å². The SMILES string of the molecule is O=C(O)[C@@]12C[C@@H]3CC[C@H]1[C@H]2C3. The van der Waals surface area contributed by atoms with E-state index >= 15 is 0 Å². The van der Waals surface area contributed by atoms with Crippen molar-refractivity contribution in [3.05, 3.63) is 0 Å². The van der Waals surface area contributed by atoms with Crippen LogP contribution in [0.15, 0.2) is 0 Å². The van der Waals surface area contributed by atoms with E-state index in [1.807, 2.05) is 0 Å². The number of hydrogen-bond donors (Lipinski definition) is 1. The van der Waals surface area contributed by atoms with Crippen molar-refractivity contribution in [2.24, 2.45) is 23.2 Å². The first-order chi connectivity index (χ1) is 5.25. The average molecular weight is 152 g/mol. The number of fused-ring (bicyclic) bond motifs is 1. The molecule has 60 valence electrons. The molecule has 0 spiro atoms. The van der Waals surface area contributed by atoms with E-state index in [1.54, 1.807) is 0 Å². The van der Waals surface area contributed by atoms with Gasteiger partial charge in [-0.3, -0.25) is 4.79 Å². The third-order valence-electron chi connectivity index (χ3n) is 4.20. The number of hydrogen-bond acceptors (Lipinski definition) is 1. The van der Waals surface area contributed by atoms with Crippen LogP contribution in [0.5, 0.6) is 0 Å². The molecular formula is C9H12O2. The Morgan fingerprint density at radius 2 is 2.18 bits per heavy atom. The molecule has 0 heterocycles. The van der Waals surface area contributed by atoms with Crippen molar-refractivity contribution < 1.29 is 9.90 Å². The van der Waals surface area contributed by atoms with Crippen LogP contribution in [-0.4, -0.2) is 11.1 Å². The fourth-order valence-corrected chi connectivity index (χ4v) is 3.70. The summed E-state index contributed by atoms with van der Waals surface area (Å²) >= 11 is 0. The van der Waals surface area contributed by atoms with Crippen LogP contribution in [0.4, 0.5) is 0 Å². The first-order valence-corrected chi connectivity index (χ1v) is 4.48. The molecular weight excluding hydrogens is 140 g/mol.